The van der Waals surface area contributed by atoms with Crippen molar-refractivity contribution in [2.24, 2.45) is 5.10 Å². The van der Waals surface area contributed by atoms with Crippen molar-refractivity contribution in [3.63, 3.8) is 0 Å². The third-order valence-electron chi connectivity index (χ3n) is 4.84. The molecule has 3 nitrogen and oxygen atoms in total. The molecule has 3 rings (SSSR count). The summed E-state index contributed by atoms with van der Waals surface area (Å²) < 4.78 is 0. The van der Waals surface area contributed by atoms with E-state index in [9.17, 15) is 0 Å². The molecule has 0 aromatic heterocycles. The Morgan fingerprint density at radius 1 is 1.17 bits per heavy atom. The molecule has 1 aliphatic heterocycles. The van der Waals surface area contributed by atoms with E-state index in [1.807, 2.05) is 36.5 Å². The Kier molecular flexibility index (Phi) is 4.12. The lowest BCUT2D eigenvalue weighted by Crippen LogP contribution is -2.45. The van der Waals surface area contributed by atoms with E-state index in [-0.39, 0.29) is 5.54 Å². The molecule has 0 aliphatic carbocycles. The van der Waals surface area contributed by atoms with Gasteiger partial charge in [-0.15, -0.1) is 0 Å². The molecule has 1 heterocycles. The molecule has 0 bridgehead atoms. The van der Waals surface area contributed by atoms with Crippen LogP contribution in [0.15, 0.2) is 53.6 Å². The van der Waals surface area contributed by atoms with Crippen LogP contribution in [0.3, 0.4) is 0 Å². The number of benzene rings is 2. The fraction of sp³-hybridized carbons (Fsp3) is 0.350. The fourth-order valence-corrected chi connectivity index (χ4v) is 3.37. The largest absolute Gasteiger partial charge is 0.369 e. The standard InChI is InChI=1S/C20H25N3/c1-15-13-20(2,3)23(4)19-11-10-16(12-18(15)19)14-21-22-17-8-6-5-7-9-17/h5-12,14-15,22H,13H2,1-4H3/b21-14-. The third-order valence-corrected chi connectivity index (χ3v) is 4.84. The first kappa shape index (κ1) is 15.6. The van der Waals surface area contributed by atoms with E-state index >= 15 is 0 Å². The zero-order chi connectivity index (χ0) is 16.4. The second kappa shape index (κ2) is 6.07. The molecule has 0 spiro atoms. The van der Waals surface area contributed by atoms with Gasteiger partial charge in [0.15, 0.2) is 0 Å². The number of hydrogen-bond donors (Lipinski definition) is 1. The van der Waals surface area contributed by atoms with Gasteiger partial charge in [0, 0.05) is 18.3 Å². The van der Waals surface area contributed by atoms with Gasteiger partial charge in [0.25, 0.3) is 0 Å². The Balaban J connectivity index is 1.80. The summed E-state index contributed by atoms with van der Waals surface area (Å²) in [5, 5.41) is 4.34. The lowest BCUT2D eigenvalue weighted by Gasteiger charge is -2.45. The molecule has 1 atom stereocenters. The number of anilines is 2. The molecule has 0 radical (unpaired) electrons. The number of para-hydroxylation sites is 1. The number of hydrazone groups is 1. The molecule has 2 aromatic carbocycles. The average Bonchev–Trinajstić information content (AvgIpc) is 2.53. The second-order valence-electron chi connectivity index (χ2n) is 7.03. The minimum absolute atomic E-state index is 0.205. The molecule has 0 saturated heterocycles. The topological polar surface area (TPSA) is 27.6 Å². The van der Waals surface area contributed by atoms with Gasteiger partial charge in [-0.25, -0.2) is 0 Å². The zero-order valence-electron chi connectivity index (χ0n) is 14.4. The summed E-state index contributed by atoms with van der Waals surface area (Å²) in [5.41, 5.74) is 8.15. The molecule has 1 N–H and O–H groups in total. The van der Waals surface area contributed by atoms with Gasteiger partial charge in [-0.05, 0) is 61.6 Å². The SMILES string of the molecule is CC1CC(C)(C)N(C)c2ccc(/C=N\Nc3ccccc3)cc21. The maximum absolute atomic E-state index is 4.34. The summed E-state index contributed by atoms with van der Waals surface area (Å²) in [6.07, 6.45) is 3.05. The first-order valence-electron chi connectivity index (χ1n) is 8.19. The van der Waals surface area contributed by atoms with Crippen LogP contribution in [0.5, 0.6) is 0 Å². The molecule has 23 heavy (non-hydrogen) atoms. The molecule has 0 amide bonds. The number of fused-ring (bicyclic) bond motifs is 1. The maximum atomic E-state index is 4.34. The summed E-state index contributed by atoms with van der Waals surface area (Å²) in [5.74, 6) is 0.562. The van der Waals surface area contributed by atoms with Crippen LogP contribution in [0.2, 0.25) is 0 Å². The summed E-state index contributed by atoms with van der Waals surface area (Å²) in [7, 11) is 2.19. The molecule has 2 aromatic rings. The van der Waals surface area contributed by atoms with Gasteiger partial charge in [0.2, 0.25) is 0 Å². The van der Waals surface area contributed by atoms with Crippen molar-refractivity contribution < 1.29 is 0 Å². The van der Waals surface area contributed by atoms with Crippen molar-refractivity contribution in [3.8, 4) is 0 Å². The van der Waals surface area contributed by atoms with Crippen LogP contribution >= 0.6 is 0 Å². The monoisotopic (exact) mass is 307 g/mol. The Morgan fingerprint density at radius 2 is 1.91 bits per heavy atom. The Bertz CT molecular complexity index is 704. The van der Waals surface area contributed by atoms with E-state index in [1.54, 1.807) is 0 Å². The average molecular weight is 307 g/mol. The molecule has 0 fully saturated rings. The van der Waals surface area contributed by atoms with Crippen LogP contribution < -0.4 is 10.3 Å². The summed E-state index contributed by atoms with van der Waals surface area (Å²) in [6.45, 7) is 6.94. The summed E-state index contributed by atoms with van der Waals surface area (Å²) in [6, 6.07) is 16.6. The third kappa shape index (κ3) is 3.24. The molecule has 0 saturated carbocycles. The van der Waals surface area contributed by atoms with Gasteiger partial charge in [-0.3, -0.25) is 5.43 Å². The van der Waals surface area contributed by atoms with E-state index in [0.29, 0.717) is 5.92 Å². The summed E-state index contributed by atoms with van der Waals surface area (Å²) >= 11 is 0. The Morgan fingerprint density at radius 3 is 2.65 bits per heavy atom. The highest BCUT2D eigenvalue weighted by atomic mass is 15.3. The van der Waals surface area contributed by atoms with E-state index in [4.69, 9.17) is 0 Å². The minimum atomic E-state index is 0.205. The van der Waals surface area contributed by atoms with Crippen molar-refractivity contribution in [1.82, 2.24) is 0 Å². The highest BCUT2D eigenvalue weighted by Gasteiger charge is 2.33. The molecular weight excluding hydrogens is 282 g/mol. The van der Waals surface area contributed by atoms with Crippen LogP contribution in [0.1, 0.15) is 44.2 Å². The number of nitrogens with one attached hydrogen (secondary N) is 1. The predicted octanol–water partition coefficient (Wildman–Crippen LogP) is 4.85. The van der Waals surface area contributed by atoms with Gasteiger partial charge in [0.05, 0.1) is 11.9 Å². The molecular formula is C20H25N3. The van der Waals surface area contributed by atoms with Crippen LogP contribution in [-0.4, -0.2) is 18.8 Å². The van der Waals surface area contributed by atoms with Crippen LogP contribution in [0, 0.1) is 0 Å². The van der Waals surface area contributed by atoms with E-state index in [2.05, 4.69) is 61.4 Å². The normalized spacial score (nSPS) is 19.7. The molecule has 1 unspecified atom stereocenters. The Labute approximate surface area is 139 Å². The number of hydrogen-bond acceptors (Lipinski definition) is 3. The lowest BCUT2D eigenvalue weighted by atomic mass is 9.80. The van der Waals surface area contributed by atoms with Crippen molar-refractivity contribution in [2.75, 3.05) is 17.4 Å². The Hall–Kier alpha value is -2.29. The van der Waals surface area contributed by atoms with Crippen molar-refractivity contribution in [3.05, 3.63) is 59.7 Å². The van der Waals surface area contributed by atoms with E-state index in [0.717, 1.165) is 11.3 Å². The van der Waals surface area contributed by atoms with Crippen LogP contribution in [0.4, 0.5) is 11.4 Å². The number of nitrogens with zero attached hydrogens (tertiary/aromatic N) is 2. The van der Waals surface area contributed by atoms with E-state index < -0.39 is 0 Å². The first-order chi connectivity index (χ1) is 11.0. The van der Waals surface area contributed by atoms with Gasteiger partial charge < -0.3 is 4.90 Å². The van der Waals surface area contributed by atoms with Crippen molar-refractivity contribution in [1.29, 1.82) is 0 Å². The maximum Gasteiger partial charge on any atom is 0.0561 e. The minimum Gasteiger partial charge on any atom is -0.369 e. The zero-order valence-corrected chi connectivity index (χ0v) is 14.4. The smallest absolute Gasteiger partial charge is 0.0561 e. The van der Waals surface area contributed by atoms with Gasteiger partial charge in [0.1, 0.15) is 0 Å². The van der Waals surface area contributed by atoms with Gasteiger partial charge in [-0.1, -0.05) is 31.2 Å². The molecule has 3 heteroatoms. The predicted molar refractivity (Wildman–Crippen MR) is 99.6 cm³/mol. The lowest BCUT2D eigenvalue weighted by molar-refractivity contribution is 0.395. The van der Waals surface area contributed by atoms with Gasteiger partial charge in [-0.2, -0.15) is 5.10 Å². The highest BCUT2D eigenvalue weighted by Crippen LogP contribution is 2.42. The molecule has 120 valence electrons. The van der Waals surface area contributed by atoms with Crippen molar-refractivity contribution >= 4 is 17.6 Å². The quantitative estimate of drug-likeness (QED) is 0.648. The molecule has 1 aliphatic rings. The summed E-state index contributed by atoms with van der Waals surface area (Å²) in [4.78, 5) is 2.39. The van der Waals surface area contributed by atoms with Crippen LogP contribution in [-0.2, 0) is 0 Å². The van der Waals surface area contributed by atoms with Crippen molar-refractivity contribution in [2.45, 2.75) is 38.6 Å². The highest BCUT2D eigenvalue weighted by molar-refractivity contribution is 5.82. The fourth-order valence-electron chi connectivity index (χ4n) is 3.37. The van der Waals surface area contributed by atoms with Gasteiger partial charge >= 0.3 is 0 Å². The first-order valence-corrected chi connectivity index (χ1v) is 8.19. The van der Waals surface area contributed by atoms with Crippen LogP contribution in [0.25, 0.3) is 0 Å². The van der Waals surface area contributed by atoms with E-state index in [1.165, 1.54) is 17.7 Å². The number of rotatable bonds is 3. The second-order valence-corrected chi connectivity index (χ2v) is 7.03.